The molecule has 1 aromatic heterocycles. The highest BCUT2D eigenvalue weighted by atomic mass is 32.1. The second kappa shape index (κ2) is 9.66. The fourth-order valence-corrected chi connectivity index (χ4v) is 4.32. The molecule has 1 aliphatic rings. The SMILES string of the molecule is Cc1ccccc1N(/N=C1\CCc2cc(-c3ncn(-c4ccc(OC(F)(F)F)cc4)n3)ccc21)C(N)=S. The maximum Gasteiger partial charge on any atom is 0.573 e. The lowest BCUT2D eigenvalue weighted by Gasteiger charge is -2.20. The van der Waals surface area contributed by atoms with Gasteiger partial charge in [0, 0.05) is 11.1 Å². The zero-order chi connectivity index (χ0) is 26.2. The van der Waals surface area contributed by atoms with Gasteiger partial charge in [0.05, 0.1) is 17.1 Å². The minimum absolute atomic E-state index is 0.166. The monoisotopic (exact) mass is 522 g/mol. The Morgan fingerprint density at radius 2 is 1.84 bits per heavy atom. The average Bonchev–Trinajstić information content (AvgIpc) is 3.50. The van der Waals surface area contributed by atoms with E-state index < -0.39 is 6.36 Å². The van der Waals surface area contributed by atoms with E-state index in [0.29, 0.717) is 11.5 Å². The van der Waals surface area contributed by atoms with E-state index in [1.165, 1.54) is 35.3 Å². The molecule has 0 aliphatic heterocycles. The summed E-state index contributed by atoms with van der Waals surface area (Å²) in [7, 11) is 0. The fourth-order valence-electron chi connectivity index (χ4n) is 4.18. The van der Waals surface area contributed by atoms with Crippen LogP contribution in [0.25, 0.3) is 17.1 Å². The molecular formula is C26H21F3N6OS. The molecule has 1 heterocycles. The van der Waals surface area contributed by atoms with Crippen molar-refractivity contribution in [3.8, 4) is 22.8 Å². The van der Waals surface area contributed by atoms with Crippen molar-refractivity contribution in [2.45, 2.75) is 26.1 Å². The highest BCUT2D eigenvalue weighted by Gasteiger charge is 2.31. The third kappa shape index (κ3) is 5.31. The highest BCUT2D eigenvalue weighted by Crippen LogP contribution is 2.29. The van der Waals surface area contributed by atoms with Gasteiger partial charge in [-0.25, -0.2) is 14.7 Å². The van der Waals surface area contributed by atoms with Crippen LogP contribution < -0.4 is 15.5 Å². The Hall–Kier alpha value is -4.25. The predicted octanol–water partition coefficient (Wildman–Crippen LogP) is 5.54. The molecule has 0 fully saturated rings. The van der Waals surface area contributed by atoms with Crippen LogP contribution in [0.4, 0.5) is 18.9 Å². The van der Waals surface area contributed by atoms with Crippen LogP contribution in [0.3, 0.4) is 0 Å². The van der Waals surface area contributed by atoms with Crippen LogP contribution in [-0.2, 0) is 6.42 Å². The van der Waals surface area contributed by atoms with E-state index in [9.17, 15) is 13.2 Å². The van der Waals surface area contributed by atoms with Gasteiger partial charge in [0.25, 0.3) is 0 Å². The smallest absolute Gasteiger partial charge is 0.406 e. The molecule has 3 aromatic carbocycles. The Morgan fingerprint density at radius 1 is 1.08 bits per heavy atom. The van der Waals surface area contributed by atoms with Gasteiger partial charge in [-0.15, -0.1) is 18.3 Å². The minimum atomic E-state index is -4.74. The van der Waals surface area contributed by atoms with Crippen LogP contribution in [0.2, 0.25) is 0 Å². The molecule has 0 atom stereocenters. The van der Waals surface area contributed by atoms with Crippen LogP contribution in [0.1, 0.15) is 23.1 Å². The van der Waals surface area contributed by atoms with Gasteiger partial charge in [-0.1, -0.05) is 30.3 Å². The number of fused-ring (bicyclic) bond motifs is 1. The lowest BCUT2D eigenvalue weighted by atomic mass is 10.1. The number of aryl methyl sites for hydroxylation is 2. The number of rotatable bonds is 5. The van der Waals surface area contributed by atoms with Crippen LogP contribution >= 0.6 is 12.2 Å². The van der Waals surface area contributed by atoms with Gasteiger partial charge < -0.3 is 10.5 Å². The van der Waals surface area contributed by atoms with Crippen molar-refractivity contribution in [1.82, 2.24) is 14.8 Å². The first kappa shape index (κ1) is 24.4. The molecule has 0 radical (unpaired) electrons. The summed E-state index contributed by atoms with van der Waals surface area (Å²) >= 11 is 5.27. The molecule has 11 heteroatoms. The third-order valence-electron chi connectivity index (χ3n) is 5.91. The van der Waals surface area contributed by atoms with Crippen LogP contribution in [0, 0.1) is 6.92 Å². The lowest BCUT2D eigenvalue weighted by Crippen LogP contribution is -2.32. The molecular weight excluding hydrogens is 501 g/mol. The zero-order valence-corrected chi connectivity index (χ0v) is 20.4. The lowest BCUT2D eigenvalue weighted by molar-refractivity contribution is -0.274. The van der Waals surface area contributed by atoms with E-state index in [0.717, 1.165) is 46.5 Å². The number of para-hydroxylation sites is 1. The second-order valence-electron chi connectivity index (χ2n) is 8.41. The molecule has 5 rings (SSSR count). The van der Waals surface area contributed by atoms with E-state index in [1.807, 2.05) is 49.4 Å². The van der Waals surface area contributed by atoms with E-state index in [1.54, 1.807) is 5.01 Å². The second-order valence-corrected chi connectivity index (χ2v) is 8.83. The van der Waals surface area contributed by atoms with Gasteiger partial charge in [-0.3, -0.25) is 0 Å². The normalized spacial score (nSPS) is 14.0. The highest BCUT2D eigenvalue weighted by molar-refractivity contribution is 7.80. The summed E-state index contributed by atoms with van der Waals surface area (Å²) < 4.78 is 42.6. The summed E-state index contributed by atoms with van der Waals surface area (Å²) in [5.41, 5.74) is 12.2. The first-order valence-corrected chi connectivity index (χ1v) is 11.7. The van der Waals surface area contributed by atoms with E-state index in [2.05, 4.69) is 14.8 Å². The largest absolute Gasteiger partial charge is 0.573 e. The number of ether oxygens (including phenoxy) is 1. The molecule has 0 bridgehead atoms. The van der Waals surface area contributed by atoms with Crippen molar-refractivity contribution in [3.05, 3.63) is 89.7 Å². The molecule has 7 nitrogen and oxygen atoms in total. The maximum absolute atomic E-state index is 12.4. The fraction of sp³-hybridized carbons (Fsp3) is 0.154. The Balaban J connectivity index is 1.38. The first-order valence-electron chi connectivity index (χ1n) is 11.3. The van der Waals surface area contributed by atoms with Gasteiger partial charge in [0.15, 0.2) is 10.9 Å². The van der Waals surface area contributed by atoms with Gasteiger partial charge in [0.1, 0.15) is 12.1 Å². The van der Waals surface area contributed by atoms with Gasteiger partial charge >= 0.3 is 6.36 Å². The van der Waals surface area contributed by atoms with E-state index in [-0.39, 0.29) is 10.9 Å². The van der Waals surface area contributed by atoms with Crippen molar-refractivity contribution >= 4 is 28.7 Å². The van der Waals surface area contributed by atoms with E-state index >= 15 is 0 Å². The number of hydrogen-bond acceptors (Lipinski definition) is 5. The summed E-state index contributed by atoms with van der Waals surface area (Å²) in [5, 5.41) is 11.0. The number of halogens is 3. The summed E-state index contributed by atoms with van der Waals surface area (Å²) in [6.45, 7) is 1.98. The molecule has 188 valence electrons. The van der Waals surface area contributed by atoms with Crippen molar-refractivity contribution in [2.75, 3.05) is 5.01 Å². The van der Waals surface area contributed by atoms with Crippen molar-refractivity contribution in [2.24, 2.45) is 10.8 Å². The summed E-state index contributed by atoms with van der Waals surface area (Å²) in [6.07, 6.45) is -1.70. The molecule has 0 spiro atoms. The summed E-state index contributed by atoms with van der Waals surface area (Å²) in [5.74, 6) is 0.192. The number of hydrazone groups is 1. The number of nitrogens with zero attached hydrogens (tertiary/aromatic N) is 5. The Morgan fingerprint density at radius 3 is 2.54 bits per heavy atom. The molecule has 4 aromatic rings. The number of hydrogen-bond donors (Lipinski definition) is 1. The van der Waals surface area contributed by atoms with Gasteiger partial charge in [-0.05, 0) is 79.5 Å². The number of benzene rings is 3. The quantitative estimate of drug-likeness (QED) is 0.274. The molecule has 37 heavy (non-hydrogen) atoms. The average molecular weight is 523 g/mol. The van der Waals surface area contributed by atoms with Crippen molar-refractivity contribution < 1.29 is 17.9 Å². The van der Waals surface area contributed by atoms with Gasteiger partial charge in [-0.2, -0.15) is 5.10 Å². The summed E-state index contributed by atoms with van der Waals surface area (Å²) in [6, 6.07) is 19.1. The number of thiocarbonyl (C=S) groups is 1. The summed E-state index contributed by atoms with van der Waals surface area (Å²) in [4.78, 5) is 4.38. The van der Waals surface area contributed by atoms with E-state index in [4.69, 9.17) is 23.1 Å². The third-order valence-corrected chi connectivity index (χ3v) is 6.08. The zero-order valence-electron chi connectivity index (χ0n) is 19.6. The van der Waals surface area contributed by atoms with Gasteiger partial charge in [0.2, 0.25) is 0 Å². The molecule has 0 saturated heterocycles. The van der Waals surface area contributed by atoms with Crippen molar-refractivity contribution in [1.29, 1.82) is 0 Å². The van der Waals surface area contributed by atoms with Crippen molar-refractivity contribution in [3.63, 3.8) is 0 Å². The van der Waals surface area contributed by atoms with Crippen LogP contribution in [0.5, 0.6) is 5.75 Å². The van der Waals surface area contributed by atoms with Crippen LogP contribution in [-0.4, -0.2) is 32.0 Å². The molecule has 0 saturated carbocycles. The minimum Gasteiger partial charge on any atom is -0.406 e. The molecule has 2 N–H and O–H groups in total. The Labute approximate surface area is 216 Å². The Kier molecular flexibility index (Phi) is 6.38. The standard InChI is InChI=1S/C26H21F3N6OS/c1-16-4-2-3-5-23(16)35(25(30)37)32-22-13-7-17-14-18(6-12-21(17)22)24-31-15-34(33-24)19-8-10-20(11-9-19)36-26(27,28)29/h2-6,8-12,14-15H,7,13H2,1H3,(H2,30,37)/b32-22+. The predicted molar refractivity (Wildman–Crippen MR) is 139 cm³/mol. The van der Waals surface area contributed by atoms with Crippen LogP contribution in [0.15, 0.2) is 78.2 Å². The molecule has 0 amide bonds. The maximum atomic E-state index is 12.4. The molecule has 1 aliphatic carbocycles. The number of anilines is 1. The number of nitrogens with two attached hydrogens (primary N) is 1. The number of aromatic nitrogens is 3. The molecule has 0 unspecified atom stereocenters. The Bertz CT molecular complexity index is 1500. The number of alkyl halides is 3. The first-order chi connectivity index (χ1) is 17.7. The topological polar surface area (TPSA) is 81.6 Å².